The predicted octanol–water partition coefficient (Wildman–Crippen LogP) is 2.46. The molecule has 2 aromatic rings. The van der Waals surface area contributed by atoms with Gasteiger partial charge in [0.1, 0.15) is 0 Å². The molecule has 0 bridgehead atoms. The lowest BCUT2D eigenvalue weighted by Crippen LogP contribution is -2.42. The molecule has 0 fully saturated rings. The van der Waals surface area contributed by atoms with Gasteiger partial charge in [0.2, 0.25) is 21.8 Å². The number of anilines is 1. The van der Waals surface area contributed by atoms with Crippen molar-refractivity contribution in [3.63, 3.8) is 0 Å². The standard InChI is InChI=1S/C23H32N4O4S/c1-5-27(6-2)22(19-10-8-7-9-11-19)16-24-23(29)17-26(4)32(30,31)21-14-12-20(13-15-21)25-18(3)28/h7-15,22H,5-6,16-17H2,1-4H3,(H,24,29)(H,25,28). The molecule has 0 aliphatic heterocycles. The second-order valence-electron chi connectivity index (χ2n) is 7.42. The van der Waals surface area contributed by atoms with Crippen LogP contribution in [0.4, 0.5) is 5.69 Å². The summed E-state index contributed by atoms with van der Waals surface area (Å²) < 4.78 is 26.6. The van der Waals surface area contributed by atoms with E-state index in [2.05, 4.69) is 29.4 Å². The third-order valence-electron chi connectivity index (χ3n) is 5.18. The molecule has 174 valence electrons. The summed E-state index contributed by atoms with van der Waals surface area (Å²) in [7, 11) is -2.48. The molecule has 0 aromatic heterocycles. The van der Waals surface area contributed by atoms with Gasteiger partial charge in [0.15, 0.2) is 0 Å². The summed E-state index contributed by atoms with van der Waals surface area (Å²) in [6.07, 6.45) is 0. The molecule has 0 saturated carbocycles. The van der Waals surface area contributed by atoms with Crippen LogP contribution in [-0.2, 0) is 19.6 Å². The van der Waals surface area contributed by atoms with Crippen LogP contribution in [0.1, 0.15) is 32.4 Å². The summed E-state index contributed by atoms with van der Waals surface area (Å²) in [6.45, 7) is 7.25. The summed E-state index contributed by atoms with van der Waals surface area (Å²) in [5.41, 5.74) is 1.59. The van der Waals surface area contributed by atoms with Gasteiger partial charge in [-0.2, -0.15) is 4.31 Å². The Bertz CT molecular complexity index is 990. The van der Waals surface area contributed by atoms with E-state index in [1.807, 2.05) is 30.3 Å². The van der Waals surface area contributed by atoms with Crippen LogP contribution in [0.15, 0.2) is 59.5 Å². The topological polar surface area (TPSA) is 98.8 Å². The van der Waals surface area contributed by atoms with Crippen molar-refractivity contribution < 1.29 is 18.0 Å². The lowest BCUT2D eigenvalue weighted by Gasteiger charge is -2.30. The Morgan fingerprint density at radius 3 is 2.09 bits per heavy atom. The van der Waals surface area contributed by atoms with Gasteiger partial charge in [-0.05, 0) is 42.9 Å². The summed E-state index contributed by atoms with van der Waals surface area (Å²) >= 11 is 0. The zero-order valence-electron chi connectivity index (χ0n) is 19.0. The molecule has 2 amide bonds. The van der Waals surface area contributed by atoms with Gasteiger partial charge < -0.3 is 10.6 Å². The van der Waals surface area contributed by atoms with Gasteiger partial charge in [0, 0.05) is 26.2 Å². The van der Waals surface area contributed by atoms with E-state index in [9.17, 15) is 18.0 Å². The highest BCUT2D eigenvalue weighted by Crippen LogP contribution is 2.20. The molecule has 8 nitrogen and oxygen atoms in total. The lowest BCUT2D eigenvalue weighted by atomic mass is 10.1. The van der Waals surface area contributed by atoms with E-state index >= 15 is 0 Å². The van der Waals surface area contributed by atoms with Crippen LogP contribution in [0.2, 0.25) is 0 Å². The van der Waals surface area contributed by atoms with Gasteiger partial charge in [0.25, 0.3) is 0 Å². The van der Waals surface area contributed by atoms with Gasteiger partial charge in [-0.1, -0.05) is 44.2 Å². The van der Waals surface area contributed by atoms with Crippen molar-refractivity contribution in [3.05, 3.63) is 60.2 Å². The number of amides is 2. The Kier molecular flexibility index (Phi) is 9.37. The fourth-order valence-corrected chi connectivity index (χ4v) is 4.57. The quantitative estimate of drug-likeness (QED) is 0.537. The van der Waals surface area contributed by atoms with Crippen LogP contribution < -0.4 is 10.6 Å². The molecule has 0 aliphatic rings. The van der Waals surface area contributed by atoms with Crippen molar-refractivity contribution in [1.29, 1.82) is 0 Å². The molecule has 2 aromatic carbocycles. The molecule has 1 unspecified atom stereocenters. The van der Waals surface area contributed by atoms with Crippen LogP contribution in [0.3, 0.4) is 0 Å². The first-order valence-electron chi connectivity index (χ1n) is 10.6. The average molecular weight is 461 g/mol. The Balaban J connectivity index is 2.03. The fourth-order valence-electron chi connectivity index (χ4n) is 3.44. The highest BCUT2D eigenvalue weighted by Gasteiger charge is 2.24. The summed E-state index contributed by atoms with van der Waals surface area (Å²) in [5, 5.41) is 5.47. The minimum Gasteiger partial charge on any atom is -0.353 e. The van der Waals surface area contributed by atoms with Crippen LogP contribution >= 0.6 is 0 Å². The Hall–Kier alpha value is -2.75. The normalized spacial score (nSPS) is 12.6. The first-order valence-corrected chi connectivity index (χ1v) is 12.0. The van der Waals surface area contributed by atoms with Crippen molar-refractivity contribution in [2.45, 2.75) is 31.7 Å². The molecule has 0 radical (unpaired) electrons. The highest BCUT2D eigenvalue weighted by atomic mass is 32.2. The maximum Gasteiger partial charge on any atom is 0.243 e. The maximum atomic E-state index is 12.8. The third-order valence-corrected chi connectivity index (χ3v) is 7.00. The Morgan fingerprint density at radius 2 is 1.56 bits per heavy atom. The summed E-state index contributed by atoms with van der Waals surface area (Å²) in [6, 6.07) is 15.8. The number of carbonyl (C=O) groups excluding carboxylic acids is 2. The van der Waals surface area contributed by atoms with E-state index in [4.69, 9.17) is 0 Å². The Morgan fingerprint density at radius 1 is 0.969 bits per heavy atom. The number of carbonyl (C=O) groups is 2. The maximum absolute atomic E-state index is 12.8. The number of hydrogen-bond acceptors (Lipinski definition) is 5. The lowest BCUT2D eigenvalue weighted by molar-refractivity contribution is -0.121. The van der Waals surface area contributed by atoms with Crippen LogP contribution in [0.25, 0.3) is 0 Å². The molecule has 0 heterocycles. The van der Waals surface area contributed by atoms with E-state index in [1.54, 1.807) is 0 Å². The fraction of sp³-hybridized carbons (Fsp3) is 0.391. The molecular weight excluding hydrogens is 428 g/mol. The third kappa shape index (κ3) is 6.88. The highest BCUT2D eigenvalue weighted by molar-refractivity contribution is 7.89. The van der Waals surface area contributed by atoms with Crippen molar-refractivity contribution in [3.8, 4) is 0 Å². The monoisotopic (exact) mass is 460 g/mol. The van der Waals surface area contributed by atoms with Crippen LogP contribution in [-0.4, -0.2) is 62.7 Å². The van der Waals surface area contributed by atoms with Gasteiger partial charge in [0.05, 0.1) is 17.5 Å². The number of nitrogens with one attached hydrogen (secondary N) is 2. The molecule has 0 saturated heterocycles. The number of benzene rings is 2. The minimum atomic E-state index is -3.85. The molecule has 32 heavy (non-hydrogen) atoms. The van der Waals surface area contributed by atoms with Crippen molar-refractivity contribution in [2.24, 2.45) is 0 Å². The van der Waals surface area contributed by atoms with E-state index in [0.717, 1.165) is 23.0 Å². The Labute approximate surface area is 190 Å². The van der Waals surface area contributed by atoms with E-state index in [1.165, 1.54) is 38.2 Å². The van der Waals surface area contributed by atoms with Crippen LogP contribution in [0, 0.1) is 0 Å². The zero-order chi connectivity index (χ0) is 23.7. The molecule has 0 aliphatic carbocycles. The SMILES string of the molecule is CCN(CC)C(CNC(=O)CN(C)S(=O)(=O)c1ccc(NC(C)=O)cc1)c1ccccc1. The molecule has 9 heteroatoms. The predicted molar refractivity (Wildman–Crippen MR) is 126 cm³/mol. The number of sulfonamides is 1. The van der Waals surface area contributed by atoms with Gasteiger partial charge in [-0.15, -0.1) is 0 Å². The summed E-state index contributed by atoms with van der Waals surface area (Å²) in [4.78, 5) is 26.0. The molecule has 1 atom stereocenters. The number of likely N-dealkylation sites (N-methyl/N-ethyl adjacent to an activating group) is 2. The first kappa shape index (κ1) is 25.5. The van der Waals surface area contributed by atoms with Gasteiger partial charge >= 0.3 is 0 Å². The molecule has 2 N–H and O–H groups in total. The summed E-state index contributed by atoms with van der Waals surface area (Å²) in [5.74, 6) is -0.619. The molecular formula is C23H32N4O4S. The number of nitrogens with zero attached hydrogens (tertiary/aromatic N) is 2. The second kappa shape index (κ2) is 11.8. The second-order valence-corrected chi connectivity index (χ2v) is 9.46. The van der Waals surface area contributed by atoms with E-state index in [-0.39, 0.29) is 29.3 Å². The molecule has 0 spiro atoms. The van der Waals surface area contributed by atoms with Crippen molar-refractivity contribution in [1.82, 2.24) is 14.5 Å². The first-order chi connectivity index (χ1) is 15.2. The average Bonchev–Trinajstić information content (AvgIpc) is 2.77. The minimum absolute atomic E-state index is 0.00150. The number of hydrogen-bond donors (Lipinski definition) is 2. The largest absolute Gasteiger partial charge is 0.353 e. The zero-order valence-corrected chi connectivity index (χ0v) is 19.9. The van der Waals surface area contributed by atoms with Gasteiger partial charge in [-0.25, -0.2) is 8.42 Å². The van der Waals surface area contributed by atoms with Crippen molar-refractivity contribution >= 4 is 27.5 Å². The number of rotatable bonds is 11. The van der Waals surface area contributed by atoms with Gasteiger partial charge in [-0.3, -0.25) is 14.5 Å². The smallest absolute Gasteiger partial charge is 0.243 e. The molecule has 2 rings (SSSR count). The van der Waals surface area contributed by atoms with Crippen LogP contribution in [0.5, 0.6) is 0 Å². The van der Waals surface area contributed by atoms with E-state index in [0.29, 0.717) is 12.2 Å². The van der Waals surface area contributed by atoms with Crippen molar-refractivity contribution in [2.75, 3.05) is 38.5 Å². The van der Waals surface area contributed by atoms with E-state index < -0.39 is 10.0 Å².